The lowest BCUT2D eigenvalue weighted by atomic mass is 9.79. The van der Waals surface area contributed by atoms with Crippen molar-refractivity contribution < 1.29 is 17.9 Å². The molecule has 0 aliphatic heterocycles. The zero-order chi connectivity index (χ0) is 16.5. The zero-order valence-electron chi connectivity index (χ0n) is 12.4. The lowest BCUT2D eigenvalue weighted by Crippen LogP contribution is -2.42. The van der Waals surface area contributed by atoms with E-state index in [0.29, 0.717) is 6.42 Å². The Kier molecular flexibility index (Phi) is 4.18. The quantitative estimate of drug-likeness (QED) is 0.891. The molecule has 7 heteroatoms. The van der Waals surface area contributed by atoms with Crippen LogP contribution in [0.5, 0.6) is 0 Å². The number of hydrogen-bond acceptors (Lipinski definition) is 4. The predicted octanol–water partition coefficient (Wildman–Crippen LogP) is 1.72. The molecule has 122 valence electrons. The van der Waals surface area contributed by atoms with E-state index in [1.54, 1.807) is 0 Å². The van der Waals surface area contributed by atoms with E-state index in [0.717, 1.165) is 42.4 Å². The molecule has 1 atom stereocenters. The number of benzene rings is 1. The summed E-state index contributed by atoms with van der Waals surface area (Å²) in [5.41, 5.74) is 0.502. The first kappa shape index (κ1) is 16.0. The molecule has 1 aromatic carbocycles. The van der Waals surface area contributed by atoms with E-state index in [2.05, 4.69) is 9.71 Å². The molecule has 2 N–H and O–H groups in total. The molecule has 0 spiro atoms. The predicted molar refractivity (Wildman–Crippen MR) is 82.7 cm³/mol. The van der Waals surface area contributed by atoms with Gasteiger partial charge in [0.05, 0.1) is 6.20 Å². The van der Waals surface area contributed by atoms with E-state index < -0.39 is 21.4 Å². The Morgan fingerprint density at radius 3 is 2.87 bits per heavy atom. The fourth-order valence-electron chi connectivity index (χ4n) is 2.92. The number of nitrogens with zero attached hydrogens (tertiary/aromatic N) is 1. The highest BCUT2D eigenvalue weighted by Crippen LogP contribution is 2.34. The molecular weight excluding hydrogens is 319 g/mol. The van der Waals surface area contributed by atoms with Crippen molar-refractivity contribution in [2.75, 3.05) is 6.54 Å². The van der Waals surface area contributed by atoms with Crippen molar-refractivity contribution >= 4 is 10.0 Å². The molecule has 1 aliphatic rings. The minimum atomic E-state index is -3.94. The van der Waals surface area contributed by atoms with Crippen molar-refractivity contribution in [1.82, 2.24) is 9.71 Å². The summed E-state index contributed by atoms with van der Waals surface area (Å²) in [4.78, 5) is 3.28. The van der Waals surface area contributed by atoms with E-state index in [-0.39, 0.29) is 11.4 Å². The van der Waals surface area contributed by atoms with Crippen LogP contribution in [0.2, 0.25) is 0 Å². The Bertz CT molecular complexity index is 826. The number of rotatable bonds is 4. The number of aromatic nitrogens is 1. The third kappa shape index (κ3) is 3.26. The van der Waals surface area contributed by atoms with Gasteiger partial charge in [-0.05, 0) is 36.5 Å². The highest BCUT2D eigenvalue weighted by molar-refractivity contribution is 7.89. The lowest BCUT2D eigenvalue weighted by Gasteiger charge is -2.34. The van der Waals surface area contributed by atoms with Gasteiger partial charge in [0.25, 0.3) is 0 Å². The molecule has 0 fully saturated rings. The Balaban J connectivity index is 1.83. The first-order valence-corrected chi connectivity index (χ1v) is 8.80. The molecule has 1 heterocycles. The maximum Gasteiger partial charge on any atom is 0.242 e. The molecule has 0 bridgehead atoms. The first-order valence-electron chi connectivity index (χ1n) is 7.32. The highest BCUT2D eigenvalue weighted by Gasteiger charge is 2.35. The van der Waals surface area contributed by atoms with Gasteiger partial charge in [0.1, 0.15) is 16.3 Å². The Morgan fingerprint density at radius 1 is 1.30 bits per heavy atom. The average Bonchev–Trinajstić information content (AvgIpc) is 2.54. The van der Waals surface area contributed by atoms with Gasteiger partial charge in [-0.25, -0.2) is 17.5 Å². The van der Waals surface area contributed by atoms with Gasteiger partial charge in [0.15, 0.2) is 0 Å². The number of fused-ring (bicyclic) bond motifs is 1. The minimum absolute atomic E-state index is 0.164. The lowest BCUT2D eigenvalue weighted by molar-refractivity contribution is 0.0243. The van der Waals surface area contributed by atoms with Gasteiger partial charge in [0, 0.05) is 12.7 Å². The van der Waals surface area contributed by atoms with E-state index in [9.17, 15) is 17.9 Å². The van der Waals surface area contributed by atoms with Crippen LogP contribution in [0.1, 0.15) is 24.0 Å². The van der Waals surface area contributed by atoms with Crippen molar-refractivity contribution in [2.24, 2.45) is 0 Å². The molecule has 5 nitrogen and oxygen atoms in total. The van der Waals surface area contributed by atoms with Crippen molar-refractivity contribution in [1.29, 1.82) is 0 Å². The molecule has 0 amide bonds. The second-order valence-electron chi connectivity index (χ2n) is 5.71. The summed E-state index contributed by atoms with van der Waals surface area (Å²) in [6.45, 7) is -0.164. The summed E-state index contributed by atoms with van der Waals surface area (Å²) in [6, 6.07) is 8.36. The summed E-state index contributed by atoms with van der Waals surface area (Å²) >= 11 is 0. The topological polar surface area (TPSA) is 79.3 Å². The van der Waals surface area contributed by atoms with Gasteiger partial charge in [0.2, 0.25) is 10.0 Å². The van der Waals surface area contributed by atoms with Crippen LogP contribution in [0.3, 0.4) is 0 Å². The molecule has 23 heavy (non-hydrogen) atoms. The second-order valence-corrected chi connectivity index (χ2v) is 7.47. The average molecular weight is 336 g/mol. The summed E-state index contributed by atoms with van der Waals surface area (Å²) < 4.78 is 40.0. The number of aliphatic hydroxyl groups is 1. The van der Waals surface area contributed by atoms with Crippen LogP contribution in [0.25, 0.3) is 0 Å². The zero-order valence-corrected chi connectivity index (χ0v) is 13.2. The largest absolute Gasteiger partial charge is 0.384 e. The van der Waals surface area contributed by atoms with Gasteiger partial charge in [-0.1, -0.05) is 24.3 Å². The normalized spacial score (nSPS) is 21.0. The molecule has 0 saturated carbocycles. The molecule has 0 radical (unpaired) electrons. The Labute approximate surface area is 134 Å². The molecule has 3 rings (SSSR count). The van der Waals surface area contributed by atoms with E-state index in [1.807, 2.05) is 24.3 Å². The summed E-state index contributed by atoms with van der Waals surface area (Å²) in [5.74, 6) is -0.727. The van der Waals surface area contributed by atoms with Crippen molar-refractivity contribution in [3.63, 3.8) is 0 Å². The van der Waals surface area contributed by atoms with Gasteiger partial charge in [-0.2, -0.15) is 0 Å². The number of sulfonamides is 1. The summed E-state index contributed by atoms with van der Waals surface area (Å²) in [6.07, 6.45) is 4.11. The van der Waals surface area contributed by atoms with Crippen LogP contribution in [0.4, 0.5) is 4.39 Å². The van der Waals surface area contributed by atoms with Crippen LogP contribution >= 0.6 is 0 Å². The summed E-state index contributed by atoms with van der Waals surface area (Å²) in [7, 11) is -3.94. The monoisotopic (exact) mass is 336 g/mol. The van der Waals surface area contributed by atoms with Crippen molar-refractivity contribution in [2.45, 2.75) is 29.8 Å². The molecular formula is C16H17FN2O3S. The molecule has 1 aliphatic carbocycles. The number of halogens is 1. The smallest absolute Gasteiger partial charge is 0.242 e. The third-order valence-electron chi connectivity index (χ3n) is 4.10. The minimum Gasteiger partial charge on any atom is -0.384 e. The highest BCUT2D eigenvalue weighted by atomic mass is 32.2. The van der Waals surface area contributed by atoms with E-state index in [4.69, 9.17) is 0 Å². The van der Waals surface area contributed by atoms with Crippen LogP contribution in [-0.4, -0.2) is 25.1 Å². The first-order chi connectivity index (χ1) is 10.9. The molecule has 1 aromatic heterocycles. The van der Waals surface area contributed by atoms with Crippen LogP contribution in [0, 0.1) is 5.82 Å². The third-order valence-corrected chi connectivity index (χ3v) is 5.47. The SMILES string of the molecule is O=S(=O)(NCC1(O)CCCc2ccccc21)c1cncc(F)c1. The maximum atomic E-state index is 13.2. The fraction of sp³-hybridized carbons (Fsp3) is 0.312. The van der Waals surface area contributed by atoms with Crippen LogP contribution in [0.15, 0.2) is 47.6 Å². The van der Waals surface area contributed by atoms with Gasteiger partial charge in [-0.15, -0.1) is 0 Å². The number of hydrogen-bond donors (Lipinski definition) is 2. The molecule has 1 unspecified atom stereocenters. The molecule has 2 aromatic rings. The van der Waals surface area contributed by atoms with Crippen molar-refractivity contribution in [3.05, 3.63) is 59.7 Å². The standard InChI is InChI=1S/C16H17FN2O3S/c17-13-8-14(10-18-9-13)23(21,22)19-11-16(20)7-3-5-12-4-1-2-6-15(12)16/h1-2,4,6,8-10,19-20H,3,5,7,11H2. The van der Waals surface area contributed by atoms with Crippen LogP contribution in [-0.2, 0) is 22.0 Å². The molecule has 0 saturated heterocycles. The van der Waals surface area contributed by atoms with E-state index >= 15 is 0 Å². The number of nitrogens with one attached hydrogen (secondary N) is 1. The second kappa shape index (κ2) is 5.99. The Hall–Kier alpha value is -1.83. The number of aryl methyl sites for hydroxylation is 1. The van der Waals surface area contributed by atoms with Gasteiger partial charge < -0.3 is 5.11 Å². The maximum absolute atomic E-state index is 13.2. The van der Waals surface area contributed by atoms with Gasteiger partial charge >= 0.3 is 0 Å². The van der Waals surface area contributed by atoms with E-state index in [1.165, 1.54) is 0 Å². The Morgan fingerprint density at radius 2 is 2.09 bits per heavy atom. The summed E-state index contributed by atoms with van der Waals surface area (Å²) in [5, 5.41) is 10.9. The fourth-order valence-corrected chi connectivity index (χ4v) is 3.98. The van der Waals surface area contributed by atoms with Crippen LogP contribution < -0.4 is 4.72 Å². The van der Waals surface area contributed by atoms with Gasteiger partial charge in [-0.3, -0.25) is 4.98 Å². The van der Waals surface area contributed by atoms with Crippen molar-refractivity contribution in [3.8, 4) is 0 Å². The number of pyridine rings is 1.